The molecule has 0 N–H and O–H groups in total. The van der Waals surface area contributed by atoms with Crippen molar-refractivity contribution in [3.05, 3.63) is 94.1 Å². The Hall–Kier alpha value is -2.88. The zero-order valence-electron chi connectivity index (χ0n) is 17.1. The Morgan fingerprint density at radius 1 is 0.667 bits per heavy atom. The number of hydrogen-bond acceptors (Lipinski definition) is 0. The van der Waals surface area contributed by atoms with Crippen molar-refractivity contribution < 1.29 is 17.6 Å². The van der Waals surface area contributed by atoms with E-state index in [0.717, 1.165) is 18.4 Å². The third kappa shape index (κ3) is 4.64. The standard InChI is InChI=1S/C26H24F4/c1-3-5-6-20-15-16-22(26(30)25(20)29)19-10-7-17(8-11-19)9-12-21-14-13-18(4-2)23(27)24(21)28/h7-16H,3-6H2,1-2H3/b12-9+. The van der Waals surface area contributed by atoms with E-state index in [1.165, 1.54) is 6.08 Å². The highest BCUT2D eigenvalue weighted by molar-refractivity contribution is 5.72. The van der Waals surface area contributed by atoms with Crippen LogP contribution in [0.2, 0.25) is 0 Å². The van der Waals surface area contributed by atoms with Crippen LogP contribution in [0.5, 0.6) is 0 Å². The molecule has 0 fully saturated rings. The minimum absolute atomic E-state index is 0.157. The molecule has 3 rings (SSSR count). The summed E-state index contributed by atoms with van der Waals surface area (Å²) in [6.07, 6.45) is 5.80. The number of hydrogen-bond donors (Lipinski definition) is 0. The van der Waals surface area contributed by atoms with E-state index in [0.29, 0.717) is 29.5 Å². The van der Waals surface area contributed by atoms with Crippen molar-refractivity contribution in [2.45, 2.75) is 39.5 Å². The third-order valence-electron chi connectivity index (χ3n) is 5.21. The maximum Gasteiger partial charge on any atom is 0.166 e. The van der Waals surface area contributed by atoms with Gasteiger partial charge in [0.05, 0.1) is 0 Å². The maximum atomic E-state index is 14.5. The van der Waals surface area contributed by atoms with Crippen molar-refractivity contribution in [2.75, 3.05) is 0 Å². The van der Waals surface area contributed by atoms with Gasteiger partial charge in [-0.25, -0.2) is 17.6 Å². The van der Waals surface area contributed by atoms with Crippen LogP contribution in [0.25, 0.3) is 23.3 Å². The first-order valence-corrected chi connectivity index (χ1v) is 10.2. The van der Waals surface area contributed by atoms with Crippen LogP contribution in [-0.2, 0) is 12.8 Å². The van der Waals surface area contributed by atoms with Gasteiger partial charge in [-0.2, -0.15) is 0 Å². The summed E-state index contributed by atoms with van der Waals surface area (Å²) < 4.78 is 56.9. The fourth-order valence-electron chi connectivity index (χ4n) is 3.34. The summed E-state index contributed by atoms with van der Waals surface area (Å²) in [7, 11) is 0. The predicted octanol–water partition coefficient (Wildman–Crippen LogP) is 7.99. The van der Waals surface area contributed by atoms with E-state index >= 15 is 0 Å². The van der Waals surface area contributed by atoms with E-state index in [4.69, 9.17) is 0 Å². The van der Waals surface area contributed by atoms with Crippen LogP contribution in [0.4, 0.5) is 17.6 Å². The first kappa shape index (κ1) is 21.8. The molecule has 0 amide bonds. The summed E-state index contributed by atoms with van der Waals surface area (Å²) in [5.74, 6) is -3.34. The highest BCUT2D eigenvalue weighted by Gasteiger charge is 2.14. The Kier molecular flexibility index (Phi) is 7.09. The van der Waals surface area contributed by atoms with Crippen LogP contribution < -0.4 is 0 Å². The van der Waals surface area contributed by atoms with Crippen molar-refractivity contribution in [2.24, 2.45) is 0 Å². The molecule has 0 bridgehead atoms. The number of unbranched alkanes of at least 4 members (excludes halogenated alkanes) is 1. The molecule has 156 valence electrons. The van der Waals surface area contributed by atoms with Gasteiger partial charge in [-0.1, -0.05) is 81.0 Å². The molecule has 3 aromatic rings. The van der Waals surface area contributed by atoms with Gasteiger partial charge in [0.1, 0.15) is 0 Å². The van der Waals surface area contributed by atoms with Crippen LogP contribution in [0.1, 0.15) is 48.9 Å². The third-order valence-corrected chi connectivity index (χ3v) is 5.21. The Labute approximate surface area is 174 Å². The zero-order valence-corrected chi connectivity index (χ0v) is 17.1. The molecule has 0 unspecified atom stereocenters. The predicted molar refractivity (Wildman–Crippen MR) is 115 cm³/mol. The highest BCUT2D eigenvalue weighted by Crippen LogP contribution is 2.28. The highest BCUT2D eigenvalue weighted by atomic mass is 19.2. The number of benzene rings is 3. The summed E-state index contributed by atoms with van der Waals surface area (Å²) in [6.45, 7) is 3.77. The Morgan fingerprint density at radius 3 is 2.00 bits per heavy atom. The molecule has 4 heteroatoms. The van der Waals surface area contributed by atoms with Crippen LogP contribution in [-0.4, -0.2) is 0 Å². The van der Waals surface area contributed by atoms with E-state index in [1.54, 1.807) is 61.5 Å². The molecule has 0 spiro atoms. The molecular formula is C26H24F4. The molecule has 0 aliphatic rings. The minimum atomic E-state index is -0.872. The largest absolute Gasteiger partial charge is 0.203 e. The first-order chi connectivity index (χ1) is 14.5. The summed E-state index contributed by atoms with van der Waals surface area (Å²) in [4.78, 5) is 0. The van der Waals surface area contributed by atoms with Crippen molar-refractivity contribution in [3.63, 3.8) is 0 Å². The monoisotopic (exact) mass is 412 g/mol. The van der Waals surface area contributed by atoms with Crippen LogP contribution >= 0.6 is 0 Å². The number of rotatable bonds is 7. The van der Waals surface area contributed by atoms with E-state index in [2.05, 4.69) is 0 Å². The van der Waals surface area contributed by atoms with Crippen molar-refractivity contribution >= 4 is 12.2 Å². The van der Waals surface area contributed by atoms with Gasteiger partial charge in [0.25, 0.3) is 0 Å². The maximum absolute atomic E-state index is 14.5. The molecule has 0 saturated carbocycles. The van der Waals surface area contributed by atoms with Gasteiger partial charge in [0.2, 0.25) is 0 Å². The SMILES string of the molecule is CCCCc1ccc(-c2ccc(/C=C/c3ccc(CC)c(F)c3F)cc2)c(F)c1F. The topological polar surface area (TPSA) is 0 Å². The van der Waals surface area contributed by atoms with Crippen molar-refractivity contribution in [1.82, 2.24) is 0 Å². The lowest BCUT2D eigenvalue weighted by Crippen LogP contribution is -1.97. The van der Waals surface area contributed by atoms with Gasteiger partial charge in [0, 0.05) is 11.1 Å². The number of halogens is 4. The Balaban J connectivity index is 1.81. The smallest absolute Gasteiger partial charge is 0.166 e. The van der Waals surface area contributed by atoms with E-state index in [-0.39, 0.29) is 11.1 Å². The molecule has 0 aromatic heterocycles. The summed E-state index contributed by atoms with van der Waals surface area (Å²) in [6, 6.07) is 13.2. The van der Waals surface area contributed by atoms with Gasteiger partial charge in [0.15, 0.2) is 23.3 Å². The van der Waals surface area contributed by atoms with Crippen molar-refractivity contribution in [1.29, 1.82) is 0 Å². The first-order valence-electron chi connectivity index (χ1n) is 10.2. The lowest BCUT2D eigenvalue weighted by atomic mass is 9.99. The van der Waals surface area contributed by atoms with Crippen molar-refractivity contribution in [3.8, 4) is 11.1 Å². The van der Waals surface area contributed by atoms with E-state index in [9.17, 15) is 17.6 Å². The summed E-state index contributed by atoms with van der Waals surface area (Å²) in [5.41, 5.74) is 2.37. The second-order valence-corrected chi connectivity index (χ2v) is 7.25. The molecule has 3 aromatic carbocycles. The van der Waals surface area contributed by atoms with Gasteiger partial charge in [-0.15, -0.1) is 0 Å². The fraction of sp³-hybridized carbons (Fsp3) is 0.231. The van der Waals surface area contributed by atoms with E-state index < -0.39 is 23.3 Å². The van der Waals surface area contributed by atoms with Crippen LogP contribution in [0.3, 0.4) is 0 Å². The average Bonchev–Trinajstić information content (AvgIpc) is 2.76. The van der Waals surface area contributed by atoms with E-state index in [1.807, 2.05) is 6.92 Å². The van der Waals surface area contributed by atoms with Crippen LogP contribution in [0, 0.1) is 23.3 Å². The normalized spacial score (nSPS) is 11.4. The molecule has 0 atom stereocenters. The molecule has 0 nitrogen and oxygen atoms in total. The second-order valence-electron chi connectivity index (χ2n) is 7.25. The average molecular weight is 412 g/mol. The Bertz CT molecular complexity index is 1050. The number of aryl methyl sites for hydroxylation is 2. The second kappa shape index (κ2) is 9.75. The summed E-state index contributed by atoms with van der Waals surface area (Å²) in [5, 5.41) is 0. The molecule has 0 aliphatic heterocycles. The fourth-order valence-corrected chi connectivity index (χ4v) is 3.34. The summed E-state index contributed by atoms with van der Waals surface area (Å²) >= 11 is 0. The van der Waals surface area contributed by atoms with Gasteiger partial charge >= 0.3 is 0 Å². The van der Waals surface area contributed by atoms with Crippen LogP contribution in [0.15, 0.2) is 48.5 Å². The minimum Gasteiger partial charge on any atom is -0.203 e. The molecule has 0 aliphatic carbocycles. The van der Waals surface area contributed by atoms with Gasteiger partial charge < -0.3 is 0 Å². The van der Waals surface area contributed by atoms with Gasteiger partial charge in [-0.3, -0.25) is 0 Å². The molecule has 0 saturated heterocycles. The lowest BCUT2D eigenvalue weighted by Gasteiger charge is -2.09. The molecule has 0 heterocycles. The molecule has 30 heavy (non-hydrogen) atoms. The lowest BCUT2D eigenvalue weighted by molar-refractivity contribution is 0.498. The molecular weight excluding hydrogens is 388 g/mol. The quantitative estimate of drug-likeness (QED) is 0.272. The zero-order chi connectivity index (χ0) is 21.7. The molecule has 0 radical (unpaired) electrons. The van der Waals surface area contributed by atoms with Gasteiger partial charge in [-0.05, 0) is 41.5 Å². The Morgan fingerprint density at radius 2 is 1.33 bits per heavy atom.